The van der Waals surface area contributed by atoms with Crippen LogP contribution in [0.4, 0.5) is 10.1 Å². The molecule has 5 nitrogen and oxygen atoms in total. The van der Waals surface area contributed by atoms with E-state index >= 15 is 0 Å². The van der Waals surface area contributed by atoms with Crippen LogP contribution >= 0.6 is 0 Å². The van der Waals surface area contributed by atoms with Gasteiger partial charge < -0.3 is 14.8 Å². The SMILES string of the molecule is COc1ccc2cc([C@H](C)C(=O)OCC(=O)Nc3ccc(C)cc3F)ccc2c1. The second-order valence-electron chi connectivity index (χ2n) is 6.83. The molecule has 3 aromatic carbocycles. The van der Waals surface area contributed by atoms with E-state index in [0.717, 1.165) is 27.6 Å². The number of nitrogens with one attached hydrogen (secondary N) is 1. The summed E-state index contributed by atoms with van der Waals surface area (Å²) in [7, 11) is 1.61. The monoisotopic (exact) mass is 395 g/mol. The number of hydrogen-bond donors (Lipinski definition) is 1. The fourth-order valence-electron chi connectivity index (χ4n) is 2.94. The van der Waals surface area contributed by atoms with Crippen LogP contribution in [0.2, 0.25) is 0 Å². The molecule has 1 N–H and O–H groups in total. The molecule has 150 valence electrons. The third kappa shape index (κ3) is 4.90. The van der Waals surface area contributed by atoms with Gasteiger partial charge in [-0.15, -0.1) is 0 Å². The highest BCUT2D eigenvalue weighted by molar-refractivity contribution is 5.93. The molecule has 0 saturated heterocycles. The van der Waals surface area contributed by atoms with Crippen LogP contribution < -0.4 is 10.1 Å². The summed E-state index contributed by atoms with van der Waals surface area (Å²) < 4.78 is 24.1. The molecule has 1 amide bonds. The molecule has 0 saturated carbocycles. The topological polar surface area (TPSA) is 64.6 Å². The summed E-state index contributed by atoms with van der Waals surface area (Å²) in [5, 5.41) is 4.37. The van der Waals surface area contributed by atoms with Crippen molar-refractivity contribution in [3.05, 3.63) is 71.5 Å². The second-order valence-corrected chi connectivity index (χ2v) is 6.83. The number of ether oxygens (including phenoxy) is 2. The van der Waals surface area contributed by atoms with Crippen molar-refractivity contribution in [3.8, 4) is 5.75 Å². The van der Waals surface area contributed by atoms with E-state index in [1.54, 1.807) is 27.0 Å². The number of fused-ring (bicyclic) bond motifs is 1. The van der Waals surface area contributed by atoms with Crippen LogP contribution in [0.1, 0.15) is 24.0 Å². The Labute approximate surface area is 168 Å². The zero-order chi connectivity index (χ0) is 21.0. The molecule has 3 rings (SSSR count). The molecular weight excluding hydrogens is 373 g/mol. The summed E-state index contributed by atoms with van der Waals surface area (Å²) >= 11 is 0. The third-order valence-corrected chi connectivity index (χ3v) is 4.67. The highest BCUT2D eigenvalue weighted by Gasteiger charge is 2.19. The van der Waals surface area contributed by atoms with E-state index in [9.17, 15) is 14.0 Å². The number of benzene rings is 3. The van der Waals surface area contributed by atoms with Gasteiger partial charge in [0.25, 0.3) is 5.91 Å². The van der Waals surface area contributed by atoms with Crippen molar-refractivity contribution in [3.63, 3.8) is 0 Å². The Morgan fingerprint density at radius 2 is 1.76 bits per heavy atom. The zero-order valence-corrected chi connectivity index (χ0v) is 16.5. The minimum absolute atomic E-state index is 0.0506. The summed E-state index contributed by atoms with van der Waals surface area (Å²) in [4.78, 5) is 24.3. The Balaban J connectivity index is 1.61. The maximum atomic E-state index is 13.8. The normalized spacial score (nSPS) is 11.7. The number of carbonyl (C=O) groups excluding carboxylic acids is 2. The number of halogens is 1. The van der Waals surface area contributed by atoms with Crippen LogP contribution in [0, 0.1) is 12.7 Å². The van der Waals surface area contributed by atoms with Crippen molar-refractivity contribution in [2.24, 2.45) is 0 Å². The van der Waals surface area contributed by atoms with Crippen molar-refractivity contribution in [1.82, 2.24) is 0 Å². The van der Waals surface area contributed by atoms with Gasteiger partial charge in [-0.25, -0.2) is 4.39 Å². The molecule has 0 aromatic heterocycles. The lowest BCUT2D eigenvalue weighted by atomic mass is 9.98. The van der Waals surface area contributed by atoms with Gasteiger partial charge in [-0.2, -0.15) is 0 Å². The Morgan fingerprint density at radius 3 is 2.48 bits per heavy atom. The summed E-state index contributed by atoms with van der Waals surface area (Å²) in [5.74, 6) is -1.46. The van der Waals surface area contributed by atoms with E-state index < -0.39 is 30.2 Å². The number of carbonyl (C=O) groups is 2. The van der Waals surface area contributed by atoms with Crippen molar-refractivity contribution in [2.45, 2.75) is 19.8 Å². The number of aryl methyl sites for hydroxylation is 1. The number of rotatable bonds is 6. The number of esters is 1. The Morgan fingerprint density at radius 1 is 1.03 bits per heavy atom. The van der Waals surface area contributed by atoms with Crippen LogP contribution in [-0.4, -0.2) is 25.6 Å². The third-order valence-electron chi connectivity index (χ3n) is 4.67. The molecule has 0 aliphatic heterocycles. The zero-order valence-electron chi connectivity index (χ0n) is 16.5. The predicted octanol–water partition coefficient (Wildman–Crippen LogP) is 4.58. The smallest absolute Gasteiger partial charge is 0.313 e. The molecule has 0 radical (unpaired) electrons. The molecular formula is C23H22FNO4. The van der Waals surface area contributed by atoms with E-state index in [1.807, 2.05) is 36.4 Å². The van der Waals surface area contributed by atoms with Gasteiger partial charge in [0.2, 0.25) is 0 Å². The molecule has 0 bridgehead atoms. The second kappa shape index (κ2) is 8.73. The van der Waals surface area contributed by atoms with Crippen molar-refractivity contribution in [2.75, 3.05) is 19.0 Å². The van der Waals surface area contributed by atoms with Crippen molar-refractivity contribution in [1.29, 1.82) is 0 Å². The summed E-state index contributed by atoms with van der Waals surface area (Å²) in [6.07, 6.45) is 0. The molecule has 29 heavy (non-hydrogen) atoms. The molecule has 6 heteroatoms. The highest BCUT2D eigenvalue weighted by atomic mass is 19.1. The van der Waals surface area contributed by atoms with Crippen molar-refractivity contribution >= 4 is 28.3 Å². The average Bonchev–Trinajstić information content (AvgIpc) is 2.72. The van der Waals surface area contributed by atoms with Crippen LogP contribution in [0.3, 0.4) is 0 Å². The lowest BCUT2D eigenvalue weighted by Crippen LogP contribution is -2.23. The van der Waals surface area contributed by atoms with Gasteiger partial charge >= 0.3 is 5.97 Å². The molecule has 1 atom stereocenters. The lowest BCUT2D eigenvalue weighted by molar-refractivity contribution is -0.148. The van der Waals surface area contributed by atoms with Gasteiger partial charge in [-0.05, 0) is 60.0 Å². The Bertz CT molecular complexity index is 1060. The number of amides is 1. The van der Waals surface area contributed by atoms with Gasteiger partial charge in [-0.3, -0.25) is 9.59 Å². The van der Waals surface area contributed by atoms with Crippen LogP contribution in [-0.2, 0) is 14.3 Å². The minimum Gasteiger partial charge on any atom is -0.497 e. The van der Waals surface area contributed by atoms with Gasteiger partial charge in [0.1, 0.15) is 11.6 Å². The first-order valence-electron chi connectivity index (χ1n) is 9.17. The molecule has 0 aliphatic carbocycles. The van der Waals surface area contributed by atoms with Crippen LogP contribution in [0.5, 0.6) is 5.75 Å². The Kier molecular flexibility index (Phi) is 6.12. The fraction of sp³-hybridized carbons (Fsp3) is 0.217. The van der Waals surface area contributed by atoms with E-state index in [-0.39, 0.29) is 5.69 Å². The van der Waals surface area contributed by atoms with Gasteiger partial charge in [0.15, 0.2) is 6.61 Å². The number of hydrogen-bond acceptors (Lipinski definition) is 4. The standard InChI is InChI=1S/C23H22FNO4/c1-14-4-9-21(20(24)10-14)25-22(26)13-29-23(27)15(2)16-5-6-18-12-19(28-3)8-7-17(18)11-16/h4-12,15H,13H2,1-3H3,(H,25,26)/t15-/m0/s1. The predicted molar refractivity (Wildman–Crippen MR) is 110 cm³/mol. The molecule has 0 fully saturated rings. The quantitative estimate of drug-likeness (QED) is 0.621. The molecule has 0 spiro atoms. The minimum atomic E-state index is -0.598. The first-order valence-corrected chi connectivity index (χ1v) is 9.17. The lowest BCUT2D eigenvalue weighted by Gasteiger charge is -2.13. The largest absolute Gasteiger partial charge is 0.497 e. The van der Waals surface area contributed by atoms with Gasteiger partial charge in [-0.1, -0.05) is 30.3 Å². The fourth-order valence-corrected chi connectivity index (χ4v) is 2.94. The molecule has 0 aliphatic rings. The van der Waals surface area contributed by atoms with E-state index in [2.05, 4.69) is 5.32 Å². The van der Waals surface area contributed by atoms with E-state index in [4.69, 9.17) is 9.47 Å². The number of methoxy groups -OCH3 is 1. The van der Waals surface area contributed by atoms with E-state index in [1.165, 1.54) is 12.1 Å². The first-order chi connectivity index (χ1) is 13.9. The van der Waals surface area contributed by atoms with Gasteiger partial charge in [0, 0.05) is 0 Å². The summed E-state index contributed by atoms with van der Waals surface area (Å²) in [5.41, 5.74) is 1.57. The molecule has 0 heterocycles. The highest BCUT2D eigenvalue weighted by Crippen LogP contribution is 2.25. The van der Waals surface area contributed by atoms with Crippen LogP contribution in [0.15, 0.2) is 54.6 Å². The first kappa shape index (κ1) is 20.3. The maximum absolute atomic E-state index is 13.8. The number of anilines is 1. The summed E-state index contributed by atoms with van der Waals surface area (Å²) in [6, 6.07) is 15.8. The average molecular weight is 395 g/mol. The van der Waals surface area contributed by atoms with Crippen molar-refractivity contribution < 1.29 is 23.5 Å². The Hall–Kier alpha value is -3.41. The van der Waals surface area contributed by atoms with Gasteiger partial charge in [0.05, 0.1) is 18.7 Å². The van der Waals surface area contributed by atoms with Crippen LogP contribution in [0.25, 0.3) is 10.8 Å². The molecule has 0 unspecified atom stereocenters. The van der Waals surface area contributed by atoms with E-state index in [0.29, 0.717) is 0 Å². The maximum Gasteiger partial charge on any atom is 0.313 e. The molecule has 3 aromatic rings. The summed E-state index contributed by atoms with van der Waals surface area (Å²) in [6.45, 7) is 2.98.